The number of nitrogens with one attached hydrogen (secondary N) is 1. The van der Waals surface area contributed by atoms with E-state index in [0.717, 1.165) is 12.0 Å². The second kappa shape index (κ2) is 9.90. The van der Waals surface area contributed by atoms with Crippen LogP contribution in [-0.2, 0) is 21.2 Å². The molecule has 0 spiro atoms. The predicted molar refractivity (Wildman–Crippen MR) is 116 cm³/mol. The molecule has 10 heteroatoms. The molecule has 0 saturated carbocycles. The largest absolute Gasteiger partial charge is 0.369 e. The molecule has 0 radical (unpaired) electrons. The van der Waals surface area contributed by atoms with Crippen molar-refractivity contribution in [3.8, 4) is 0 Å². The minimum absolute atomic E-state index is 0.104. The first-order valence-corrected chi connectivity index (χ1v) is 11.7. The summed E-state index contributed by atoms with van der Waals surface area (Å²) in [5, 5.41) is 2.99. The molecule has 1 fully saturated rings. The van der Waals surface area contributed by atoms with Gasteiger partial charge in [0.2, 0.25) is 16.0 Å². The predicted octanol–water partition coefficient (Wildman–Crippen LogP) is 2.35. The van der Waals surface area contributed by atoms with E-state index in [-0.39, 0.29) is 12.3 Å². The Bertz CT molecular complexity index is 1080. The smallest absolute Gasteiger partial charge is 0.228 e. The molecule has 0 bridgehead atoms. The number of hydrogen-bond donors (Lipinski definition) is 1. The van der Waals surface area contributed by atoms with E-state index in [1.165, 1.54) is 4.31 Å². The van der Waals surface area contributed by atoms with Crippen molar-refractivity contribution in [2.45, 2.75) is 18.9 Å². The van der Waals surface area contributed by atoms with Crippen molar-refractivity contribution >= 4 is 21.8 Å². The van der Waals surface area contributed by atoms with Crippen LogP contribution in [0, 0.1) is 0 Å². The summed E-state index contributed by atoms with van der Waals surface area (Å²) in [5.41, 5.74) is 1.70. The van der Waals surface area contributed by atoms with Crippen molar-refractivity contribution in [2.24, 2.45) is 0 Å². The number of hydrogen-bond acceptors (Lipinski definition) is 8. The van der Waals surface area contributed by atoms with Gasteiger partial charge in [0.1, 0.15) is 6.10 Å². The molecule has 1 aromatic carbocycles. The van der Waals surface area contributed by atoms with Crippen LogP contribution in [0.2, 0.25) is 0 Å². The molecule has 0 aliphatic carbocycles. The molecule has 3 aromatic rings. The third-order valence-electron chi connectivity index (χ3n) is 4.92. The summed E-state index contributed by atoms with van der Waals surface area (Å²) < 4.78 is 33.0. The van der Waals surface area contributed by atoms with Crippen molar-refractivity contribution in [3.63, 3.8) is 0 Å². The van der Waals surface area contributed by atoms with Gasteiger partial charge in [-0.1, -0.05) is 30.3 Å². The second-order valence-corrected chi connectivity index (χ2v) is 9.24. The van der Waals surface area contributed by atoms with E-state index >= 15 is 0 Å². The molecule has 3 heterocycles. The fraction of sp³-hybridized carbons (Fsp3) is 0.333. The maximum absolute atomic E-state index is 12.9. The number of rotatable bonds is 8. The molecule has 1 aliphatic rings. The third-order valence-corrected chi connectivity index (χ3v) is 6.84. The lowest BCUT2D eigenvalue weighted by Gasteiger charge is -2.31. The highest BCUT2D eigenvalue weighted by Gasteiger charge is 2.31. The molecule has 2 aromatic heterocycles. The summed E-state index contributed by atoms with van der Waals surface area (Å²) >= 11 is 0. The molecular formula is C21H24N6O3S. The fourth-order valence-corrected chi connectivity index (χ4v) is 4.85. The van der Waals surface area contributed by atoms with Gasteiger partial charge < -0.3 is 10.1 Å². The van der Waals surface area contributed by atoms with Gasteiger partial charge in [0.15, 0.2) is 5.82 Å². The van der Waals surface area contributed by atoms with Gasteiger partial charge in [-0.15, -0.1) is 0 Å². The summed E-state index contributed by atoms with van der Waals surface area (Å²) in [6, 6.07) is 11.6. The average molecular weight is 441 g/mol. The molecule has 1 aliphatic heterocycles. The van der Waals surface area contributed by atoms with Gasteiger partial charge in [-0.05, 0) is 24.5 Å². The van der Waals surface area contributed by atoms with E-state index in [0.29, 0.717) is 37.0 Å². The van der Waals surface area contributed by atoms with Gasteiger partial charge in [0, 0.05) is 25.5 Å². The van der Waals surface area contributed by atoms with Crippen molar-refractivity contribution in [1.29, 1.82) is 0 Å². The summed E-state index contributed by atoms with van der Waals surface area (Å²) in [4.78, 5) is 16.9. The number of morpholine rings is 1. The van der Waals surface area contributed by atoms with Gasteiger partial charge in [0.05, 0.1) is 30.4 Å². The van der Waals surface area contributed by atoms with Crippen LogP contribution in [0.15, 0.2) is 61.2 Å². The molecule has 31 heavy (non-hydrogen) atoms. The quantitative estimate of drug-likeness (QED) is 0.568. The zero-order chi connectivity index (χ0) is 21.5. The second-order valence-electron chi connectivity index (χ2n) is 7.15. The normalized spacial score (nSPS) is 17.4. The topological polar surface area (TPSA) is 110 Å². The van der Waals surface area contributed by atoms with E-state index in [4.69, 9.17) is 4.74 Å². The number of aromatic nitrogens is 4. The van der Waals surface area contributed by atoms with Crippen LogP contribution in [0.5, 0.6) is 0 Å². The van der Waals surface area contributed by atoms with Crippen LogP contribution in [0.3, 0.4) is 0 Å². The lowest BCUT2D eigenvalue weighted by Crippen LogP contribution is -2.43. The van der Waals surface area contributed by atoms with Gasteiger partial charge >= 0.3 is 0 Å². The SMILES string of the molecule is O=S(=O)(CCCc1ccccc1)N1CCOC(c2cncc(Nc3ncccn3)n2)C1. The van der Waals surface area contributed by atoms with E-state index in [1.54, 1.807) is 30.9 Å². The van der Waals surface area contributed by atoms with Crippen molar-refractivity contribution in [2.75, 3.05) is 30.8 Å². The van der Waals surface area contributed by atoms with E-state index < -0.39 is 16.1 Å². The number of anilines is 2. The maximum atomic E-state index is 12.9. The Hall–Kier alpha value is -2.95. The molecular weight excluding hydrogens is 416 g/mol. The minimum atomic E-state index is -3.38. The van der Waals surface area contributed by atoms with Crippen molar-refractivity contribution in [1.82, 2.24) is 24.2 Å². The zero-order valence-electron chi connectivity index (χ0n) is 17.0. The Balaban J connectivity index is 1.38. The number of benzene rings is 1. The summed E-state index contributed by atoms with van der Waals surface area (Å²) in [5.74, 6) is 0.976. The van der Waals surface area contributed by atoms with Crippen LogP contribution < -0.4 is 5.32 Å². The van der Waals surface area contributed by atoms with Gasteiger partial charge in [-0.3, -0.25) is 4.98 Å². The van der Waals surface area contributed by atoms with Crippen LogP contribution in [-0.4, -0.2) is 58.1 Å². The molecule has 0 amide bonds. The summed E-state index contributed by atoms with van der Waals surface area (Å²) in [7, 11) is -3.38. The van der Waals surface area contributed by atoms with Crippen LogP contribution in [0.4, 0.5) is 11.8 Å². The fourth-order valence-electron chi connectivity index (χ4n) is 3.36. The Morgan fingerprint density at radius 2 is 1.90 bits per heavy atom. The number of ether oxygens (including phenoxy) is 1. The highest BCUT2D eigenvalue weighted by Crippen LogP contribution is 2.24. The van der Waals surface area contributed by atoms with E-state index in [9.17, 15) is 8.42 Å². The summed E-state index contributed by atoms with van der Waals surface area (Å²) in [6.45, 7) is 0.866. The number of aryl methyl sites for hydroxylation is 1. The Kier molecular flexibility index (Phi) is 6.80. The van der Waals surface area contributed by atoms with Gasteiger partial charge in [0.25, 0.3) is 0 Å². The molecule has 1 atom stereocenters. The standard InChI is InChI=1S/C21H24N6O3S/c28-31(29,13-4-8-17-6-2-1-3-7-17)27-11-12-30-19(16-27)18-14-22-15-20(25-18)26-21-23-9-5-10-24-21/h1-3,5-7,9-10,14-15,19H,4,8,11-13,16H2,(H,23,24,25,26). The van der Waals surface area contributed by atoms with Crippen molar-refractivity contribution < 1.29 is 13.2 Å². The van der Waals surface area contributed by atoms with Crippen LogP contribution in [0.1, 0.15) is 23.8 Å². The van der Waals surface area contributed by atoms with E-state index in [1.807, 2.05) is 30.3 Å². The highest BCUT2D eigenvalue weighted by atomic mass is 32.2. The lowest BCUT2D eigenvalue weighted by atomic mass is 10.1. The third kappa shape index (κ3) is 5.81. The Morgan fingerprint density at radius 1 is 1.10 bits per heavy atom. The average Bonchev–Trinajstić information content (AvgIpc) is 2.81. The maximum Gasteiger partial charge on any atom is 0.228 e. The Morgan fingerprint density at radius 3 is 2.71 bits per heavy atom. The summed E-state index contributed by atoms with van der Waals surface area (Å²) in [6.07, 6.45) is 7.21. The minimum Gasteiger partial charge on any atom is -0.369 e. The van der Waals surface area contributed by atoms with Gasteiger partial charge in [-0.2, -0.15) is 4.31 Å². The van der Waals surface area contributed by atoms with Gasteiger partial charge in [-0.25, -0.2) is 23.4 Å². The van der Waals surface area contributed by atoms with Crippen molar-refractivity contribution in [3.05, 3.63) is 72.4 Å². The van der Waals surface area contributed by atoms with E-state index in [2.05, 4.69) is 25.3 Å². The first-order valence-electron chi connectivity index (χ1n) is 10.1. The molecule has 9 nitrogen and oxygen atoms in total. The lowest BCUT2D eigenvalue weighted by molar-refractivity contribution is -0.00505. The number of sulfonamides is 1. The highest BCUT2D eigenvalue weighted by molar-refractivity contribution is 7.89. The monoisotopic (exact) mass is 440 g/mol. The molecule has 1 saturated heterocycles. The molecule has 162 valence electrons. The van der Waals surface area contributed by atoms with Crippen LogP contribution in [0.25, 0.3) is 0 Å². The Labute approximate surface area is 181 Å². The van der Waals surface area contributed by atoms with Crippen LogP contribution >= 0.6 is 0 Å². The first kappa shape index (κ1) is 21.3. The zero-order valence-corrected chi connectivity index (χ0v) is 17.8. The molecule has 4 rings (SSSR count). The number of nitrogens with zero attached hydrogens (tertiary/aromatic N) is 5. The molecule has 1 N–H and O–H groups in total. The molecule has 1 unspecified atom stereocenters. The first-order chi connectivity index (χ1) is 15.1.